The summed E-state index contributed by atoms with van der Waals surface area (Å²) in [6.45, 7) is 3.63. The van der Waals surface area contributed by atoms with E-state index in [1.165, 1.54) is 4.90 Å². The summed E-state index contributed by atoms with van der Waals surface area (Å²) < 4.78 is 5.55. The molecular weight excluding hydrogens is 270 g/mol. The van der Waals surface area contributed by atoms with Crippen LogP contribution in [0.3, 0.4) is 0 Å². The van der Waals surface area contributed by atoms with Crippen molar-refractivity contribution in [1.82, 2.24) is 9.80 Å². The van der Waals surface area contributed by atoms with Gasteiger partial charge in [0, 0.05) is 6.54 Å². The number of nitrogens with zero attached hydrogens (tertiary/aromatic N) is 2. The van der Waals surface area contributed by atoms with Crippen molar-refractivity contribution in [3.8, 4) is 5.75 Å². The van der Waals surface area contributed by atoms with Crippen molar-refractivity contribution >= 4 is 17.5 Å². The van der Waals surface area contributed by atoms with Crippen LogP contribution in [0.5, 0.6) is 5.75 Å². The van der Waals surface area contributed by atoms with E-state index in [4.69, 9.17) is 10.5 Å². The monoisotopic (exact) mass is 291 g/mol. The van der Waals surface area contributed by atoms with Crippen LogP contribution in [0.2, 0.25) is 0 Å². The van der Waals surface area contributed by atoms with Gasteiger partial charge in [0.1, 0.15) is 12.4 Å². The van der Waals surface area contributed by atoms with Crippen LogP contribution in [0.25, 0.3) is 0 Å². The van der Waals surface area contributed by atoms with Crippen LogP contribution in [0.4, 0.5) is 5.69 Å². The predicted molar refractivity (Wildman–Crippen MR) is 79.8 cm³/mol. The fourth-order valence-electron chi connectivity index (χ4n) is 2.26. The quantitative estimate of drug-likeness (QED) is 0.784. The standard InChI is InChI=1S/C15H21N3O3/c1-2-7-17-10-15(20)18(11-14(17)19)8-9-21-13-6-4-3-5-12(13)16/h3-6H,2,7-11,16H2,1H3. The number of benzene rings is 1. The Balaban J connectivity index is 1.83. The molecule has 114 valence electrons. The van der Waals surface area contributed by atoms with Crippen LogP contribution >= 0.6 is 0 Å². The summed E-state index contributed by atoms with van der Waals surface area (Å²) in [6, 6.07) is 7.20. The molecule has 0 saturated carbocycles. The first-order valence-corrected chi connectivity index (χ1v) is 7.14. The number of piperazine rings is 1. The molecule has 1 saturated heterocycles. The van der Waals surface area contributed by atoms with Crippen LogP contribution in [-0.2, 0) is 9.59 Å². The summed E-state index contributed by atoms with van der Waals surface area (Å²) >= 11 is 0. The van der Waals surface area contributed by atoms with Gasteiger partial charge in [-0.2, -0.15) is 0 Å². The smallest absolute Gasteiger partial charge is 0.242 e. The minimum absolute atomic E-state index is 0.00400. The number of hydrogen-bond donors (Lipinski definition) is 1. The summed E-state index contributed by atoms with van der Waals surface area (Å²) in [5, 5.41) is 0. The lowest BCUT2D eigenvalue weighted by atomic mass is 10.2. The number of para-hydroxylation sites is 2. The van der Waals surface area contributed by atoms with E-state index in [9.17, 15) is 9.59 Å². The Morgan fingerprint density at radius 3 is 2.33 bits per heavy atom. The fourth-order valence-corrected chi connectivity index (χ4v) is 2.26. The van der Waals surface area contributed by atoms with E-state index in [-0.39, 0.29) is 24.9 Å². The molecule has 0 radical (unpaired) electrons. The number of nitrogens with two attached hydrogens (primary N) is 1. The van der Waals surface area contributed by atoms with Gasteiger partial charge in [-0.1, -0.05) is 19.1 Å². The normalized spacial score (nSPS) is 15.5. The number of ether oxygens (including phenoxy) is 1. The van der Waals surface area contributed by atoms with E-state index in [1.54, 1.807) is 17.0 Å². The second kappa shape index (κ2) is 6.97. The van der Waals surface area contributed by atoms with Crippen molar-refractivity contribution in [1.29, 1.82) is 0 Å². The third-order valence-electron chi connectivity index (χ3n) is 3.39. The van der Waals surface area contributed by atoms with Crippen LogP contribution in [0.15, 0.2) is 24.3 Å². The third-order valence-corrected chi connectivity index (χ3v) is 3.39. The lowest BCUT2D eigenvalue weighted by molar-refractivity contribution is -0.150. The largest absolute Gasteiger partial charge is 0.490 e. The fraction of sp³-hybridized carbons (Fsp3) is 0.467. The third kappa shape index (κ3) is 3.87. The number of hydrogen-bond acceptors (Lipinski definition) is 4. The molecule has 1 heterocycles. The molecule has 0 aromatic heterocycles. The molecule has 6 nitrogen and oxygen atoms in total. The lowest BCUT2D eigenvalue weighted by Gasteiger charge is -2.33. The van der Waals surface area contributed by atoms with Crippen molar-refractivity contribution in [2.75, 3.05) is 38.5 Å². The second-order valence-electron chi connectivity index (χ2n) is 5.02. The van der Waals surface area contributed by atoms with Crippen LogP contribution in [0.1, 0.15) is 13.3 Å². The highest BCUT2D eigenvalue weighted by Crippen LogP contribution is 2.19. The molecule has 0 spiro atoms. The molecule has 21 heavy (non-hydrogen) atoms. The highest BCUT2D eigenvalue weighted by molar-refractivity contribution is 5.92. The van der Waals surface area contributed by atoms with E-state index in [1.807, 2.05) is 19.1 Å². The molecular formula is C15H21N3O3. The Labute approximate surface area is 124 Å². The van der Waals surface area contributed by atoms with Gasteiger partial charge in [-0.3, -0.25) is 9.59 Å². The number of amides is 2. The summed E-state index contributed by atoms with van der Waals surface area (Å²) in [5.74, 6) is 0.559. The van der Waals surface area contributed by atoms with Gasteiger partial charge < -0.3 is 20.3 Å². The Hall–Kier alpha value is -2.24. The molecule has 1 aliphatic heterocycles. The average molecular weight is 291 g/mol. The van der Waals surface area contributed by atoms with Gasteiger partial charge in [-0.25, -0.2) is 0 Å². The molecule has 2 amide bonds. The highest BCUT2D eigenvalue weighted by Gasteiger charge is 2.28. The first-order chi connectivity index (χ1) is 10.1. The van der Waals surface area contributed by atoms with Crippen molar-refractivity contribution in [3.05, 3.63) is 24.3 Å². The zero-order chi connectivity index (χ0) is 15.2. The Morgan fingerprint density at radius 1 is 1.10 bits per heavy atom. The zero-order valence-corrected chi connectivity index (χ0v) is 12.2. The Bertz CT molecular complexity index is 519. The molecule has 0 bridgehead atoms. The van der Waals surface area contributed by atoms with Crippen LogP contribution in [-0.4, -0.2) is 54.4 Å². The molecule has 2 N–H and O–H groups in total. The zero-order valence-electron chi connectivity index (χ0n) is 12.2. The van der Waals surface area contributed by atoms with Gasteiger partial charge in [-0.15, -0.1) is 0 Å². The molecule has 1 aliphatic rings. The van der Waals surface area contributed by atoms with E-state index in [0.717, 1.165) is 6.42 Å². The van der Waals surface area contributed by atoms with E-state index < -0.39 is 0 Å². The summed E-state index contributed by atoms with van der Waals surface area (Å²) in [7, 11) is 0. The number of carbonyl (C=O) groups excluding carboxylic acids is 2. The molecule has 1 aromatic carbocycles. The average Bonchev–Trinajstić information content (AvgIpc) is 2.46. The highest BCUT2D eigenvalue weighted by atomic mass is 16.5. The lowest BCUT2D eigenvalue weighted by Crippen LogP contribution is -2.54. The van der Waals surface area contributed by atoms with E-state index in [2.05, 4.69) is 0 Å². The molecule has 0 atom stereocenters. The van der Waals surface area contributed by atoms with E-state index >= 15 is 0 Å². The molecule has 2 rings (SSSR count). The maximum Gasteiger partial charge on any atom is 0.242 e. The van der Waals surface area contributed by atoms with Gasteiger partial charge >= 0.3 is 0 Å². The van der Waals surface area contributed by atoms with Gasteiger partial charge in [0.25, 0.3) is 0 Å². The first kappa shape index (κ1) is 15.2. The van der Waals surface area contributed by atoms with Gasteiger partial charge in [-0.05, 0) is 18.6 Å². The van der Waals surface area contributed by atoms with E-state index in [0.29, 0.717) is 31.1 Å². The molecule has 0 unspecified atom stereocenters. The SMILES string of the molecule is CCCN1CC(=O)N(CCOc2ccccc2N)CC1=O. The van der Waals surface area contributed by atoms with Crippen molar-refractivity contribution in [2.24, 2.45) is 0 Å². The summed E-state index contributed by atoms with van der Waals surface area (Å²) in [6.07, 6.45) is 0.857. The topological polar surface area (TPSA) is 75.9 Å². The minimum atomic E-state index is -0.0346. The summed E-state index contributed by atoms with van der Waals surface area (Å²) in [4.78, 5) is 27.0. The van der Waals surface area contributed by atoms with Gasteiger partial charge in [0.15, 0.2) is 0 Å². The molecule has 0 aliphatic carbocycles. The predicted octanol–water partition coefficient (Wildman–Crippen LogP) is 0.728. The first-order valence-electron chi connectivity index (χ1n) is 7.14. The molecule has 6 heteroatoms. The number of carbonyl (C=O) groups is 2. The van der Waals surface area contributed by atoms with Crippen molar-refractivity contribution in [3.63, 3.8) is 0 Å². The maximum atomic E-state index is 12.0. The molecule has 1 aromatic rings. The summed E-state index contributed by atoms with van der Waals surface area (Å²) in [5.41, 5.74) is 6.34. The van der Waals surface area contributed by atoms with Crippen LogP contribution < -0.4 is 10.5 Å². The van der Waals surface area contributed by atoms with Crippen molar-refractivity contribution in [2.45, 2.75) is 13.3 Å². The Morgan fingerprint density at radius 2 is 1.71 bits per heavy atom. The van der Waals surface area contributed by atoms with Crippen molar-refractivity contribution < 1.29 is 14.3 Å². The number of nitrogen functional groups attached to an aromatic ring is 1. The number of rotatable bonds is 6. The maximum absolute atomic E-state index is 12.0. The van der Waals surface area contributed by atoms with Crippen LogP contribution in [0, 0.1) is 0 Å². The number of anilines is 1. The Kier molecular flexibility index (Phi) is 5.03. The van der Waals surface area contributed by atoms with Gasteiger partial charge in [0.05, 0.1) is 25.3 Å². The molecule has 1 fully saturated rings. The minimum Gasteiger partial charge on any atom is -0.490 e. The second-order valence-corrected chi connectivity index (χ2v) is 5.02. The van der Waals surface area contributed by atoms with Gasteiger partial charge in [0.2, 0.25) is 11.8 Å².